The molecule has 0 N–H and O–H groups in total. The Morgan fingerprint density at radius 1 is 1.19 bits per heavy atom. The minimum atomic E-state index is -0.311. The SMILES string of the molecule is COc1cccc(-c2nnc(SC(C)C(=O)c3cccc(Cl)c3)n2C)c1. The van der Waals surface area contributed by atoms with Crippen molar-refractivity contribution in [1.29, 1.82) is 0 Å². The van der Waals surface area contributed by atoms with Crippen LogP contribution in [-0.4, -0.2) is 32.9 Å². The van der Waals surface area contributed by atoms with Gasteiger partial charge in [-0.25, -0.2) is 0 Å². The molecule has 0 bridgehead atoms. The number of hydrogen-bond acceptors (Lipinski definition) is 5. The van der Waals surface area contributed by atoms with Crippen molar-refractivity contribution in [2.24, 2.45) is 7.05 Å². The van der Waals surface area contributed by atoms with Crippen molar-refractivity contribution in [3.8, 4) is 17.1 Å². The Morgan fingerprint density at radius 3 is 2.69 bits per heavy atom. The summed E-state index contributed by atoms with van der Waals surface area (Å²) in [6.07, 6.45) is 0. The number of rotatable bonds is 6. The fourth-order valence-electron chi connectivity index (χ4n) is 2.52. The van der Waals surface area contributed by atoms with Gasteiger partial charge in [-0.2, -0.15) is 0 Å². The molecule has 26 heavy (non-hydrogen) atoms. The molecule has 1 heterocycles. The van der Waals surface area contributed by atoms with Crippen LogP contribution in [0.3, 0.4) is 0 Å². The maximum absolute atomic E-state index is 12.6. The normalized spacial score (nSPS) is 12.0. The lowest BCUT2D eigenvalue weighted by atomic mass is 10.1. The summed E-state index contributed by atoms with van der Waals surface area (Å²) in [5.41, 5.74) is 1.49. The van der Waals surface area contributed by atoms with Crippen molar-refractivity contribution in [3.63, 3.8) is 0 Å². The average molecular weight is 388 g/mol. The summed E-state index contributed by atoms with van der Waals surface area (Å²) in [7, 11) is 3.51. The van der Waals surface area contributed by atoms with Crippen LogP contribution < -0.4 is 4.74 Å². The molecule has 7 heteroatoms. The van der Waals surface area contributed by atoms with Crippen LogP contribution >= 0.6 is 23.4 Å². The summed E-state index contributed by atoms with van der Waals surface area (Å²) in [4.78, 5) is 12.6. The lowest BCUT2D eigenvalue weighted by Gasteiger charge is -2.10. The Morgan fingerprint density at radius 2 is 1.96 bits per heavy atom. The van der Waals surface area contributed by atoms with E-state index in [0.717, 1.165) is 11.3 Å². The van der Waals surface area contributed by atoms with Gasteiger partial charge in [-0.05, 0) is 31.2 Å². The Labute approximate surface area is 161 Å². The molecule has 0 aliphatic heterocycles. The Balaban J connectivity index is 1.80. The number of methoxy groups -OCH3 is 1. The number of carbonyl (C=O) groups excluding carboxylic acids is 1. The zero-order valence-electron chi connectivity index (χ0n) is 14.6. The fraction of sp³-hybridized carbons (Fsp3) is 0.211. The van der Waals surface area contributed by atoms with Crippen LogP contribution in [0.25, 0.3) is 11.4 Å². The second-order valence-electron chi connectivity index (χ2n) is 5.73. The summed E-state index contributed by atoms with van der Waals surface area (Å²) in [6.45, 7) is 1.85. The Kier molecular flexibility index (Phi) is 5.64. The molecular weight excluding hydrogens is 370 g/mol. The number of ketones is 1. The highest BCUT2D eigenvalue weighted by molar-refractivity contribution is 8.00. The summed E-state index contributed by atoms with van der Waals surface area (Å²) in [5, 5.41) is 9.41. The second-order valence-corrected chi connectivity index (χ2v) is 7.48. The van der Waals surface area contributed by atoms with Crippen molar-refractivity contribution in [3.05, 3.63) is 59.1 Å². The number of ether oxygens (including phenoxy) is 1. The molecule has 3 rings (SSSR count). The van der Waals surface area contributed by atoms with Gasteiger partial charge in [-0.3, -0.25) is 4.79 Å². The lowest BCUT2D eigenvalue weighted by molar-refractivity contribution is 0.0994. The first kappa shape index (κ1) is 18.5. The first-order chi connectivity index (χ1) is 12.5. The molecule has 3 aromatic rings. The number of benzene rings is 2. The Hall–Kier alpha value is -2.31. The molecule has 134 valence electrons. The van der Waals surface area contributed by atoms with Gasteiger partial charge in [0.2, 0.25) is 0 Å². The molecule has 0 aliphatic carbocycles. The van der Waals surface area contributed by atoms with Gasteiger partial charge in [-0.1, -0.05) is 47.6 Å². The highest BCUT2D eigenvalue weighted by Crippen LogP contribution is 2.29. The molecule has 1 unspecified atom stereocenters. The highest BCUT2D eigenvalue weighted by Gasteiger charge is 2.21. The number of carbonyl (C=O) groups is 1. The minimum Gasteiger partial charge on any atom is -0.497 e. The van der Waals surface area contributed by atoms with E-state index in [2.05, 4.69) is 10.2 Å². The molecule has 2 aromatic carbocycles. The standard InChI is InChI=1S/C19H18ClN3O2S/c1-12(17(24)13-6-4-8-15(20)10-13)26-19-22-21-18(23(19)2)14-7-5-9-16(11-14)25-3/h4-12H,1-3H3. The largest absolute Gasteiger partial charge is 0.497 e. The predicted molar refractivity (Wildman–Crippen MR) is 104 cm³/mol. The predicted octanol–water partition coefficient (Wildman–Crippen LogP) is 4.51. The number of halogens is 1. The number of hydrogen-bond donors (Lipinski definition) is 0. The molecule has 0 fully saturated rings. The number of thioether (sulfide) groups is 1. The van der Waals surface area contributed by atoms with E-state index < -0.39 is 0 Å². The van der Waals surface area contributed by atoms with E-state index in [1.165, 1.54) is 11.8 Å². The van der Waals surface area contributed by atoms with Crippen LogP contribution in [0.4, 0.5) is 0 Å². The van der Waals surface area contributed by atoms with E-state index in [0.29, 0.717) is 21.6 Å². The maximum Gasteiger partial charge on any atom is 0.191 e. The van der Waals surface area contributed by atoms with Gasteiger partial charge >= 0.3 is 0 Å². The van der Waals surface area contributed by atoms with Gasteiger partial charge in [0.05, 0.1) is 12.4 Å². The van der Waals surface area contributed by atoms with Crippen molar-refractivity contribution in [1.82, 2.24) is 14.8 Å². The molecule has 0 amide bonds. The van der Waals surface area contributed by atoms with E-state index in [-0.39, 0.29) is 11.0 Å². The number of Topliss-reactive ketones (excluding diaryl/α,β-unsaturated/α-hetero) is 1. The van der Waals surface area contributed by atoms with Crippen LogP contribution in [-0.2, 0) is 7.05 Å². The van der Waals surface area contributed by atoms with E-state index in [1.54, 1.807) is 31.4 Å². The highest BCUT2D eigenvalue weighted by atomic mass is 35.5. The van der Waals surface area contributed by atoms with Crippen LogP contribution in [0.15, 0.2) is 53.7 Å². The molecule has 0 saturated heterocycles. The molecular formula is C19H18ClN3O2S. The second kappa shape index (κ2) is 7.93. The van der Waals surface area contributed by atoms with Gasteiger partial charge in [0.1, 0.15) is 5.75 Å². The van der Waals surface area contributed by atoms with Crippen LogP contribution in [0, 0.1) is 0 Å². The zero-order valence-corrected chi connectivity index (χ0v) is 16.2. The molecule has 0 radical (unpaired) electrons. The third kappa shape index (κ3) is 3.92. The summed E-state index contributed by atoms with van der Waals surface area (Å²) in [6, 6.07) is 14.6. The number of aromatic nitrogens is 3. The van der Waals surface area contributed by atoms with E-state index in [1.807, 2.05) is 42.8 Å². The molecule has 0 saturated carbocycles. The average Bonchev–Trinajstić information content (AvgIpc) is 3.01. The van der Waals surface area contributed by atoms with E-state index >= 15 is 0 Å². The molecule has 5 nitrogen and oxygen atoms in total. The third-order valence-electron chi connectivity index (χ3n) is 3.92. The molecule has 1 atom stereocenters. The quantitative estimate of drug-likeness (QED) is 0.460. The zero-order chi connectivity index (χ0) is 18.7. The smallest absolute Gasteiger partial charge is 0.191 e. The van der Waals surface area contributed by atoms with Gasteiger partial charge in [-0.15, -0.1) is 10.2 Å². The Bertz CT molecular complexity index is 942. The monoisotopic (exact) mass is 387 g/mol. The fourth-order valence-corrected chi connectivity index (χ4v) is 3.60. The van der Waals surface area contributed by atoms with Gasteiger partial charge in [0, 0.05) is 23.2 Å². The van der Waals surface area contributed by atoms with Crippen molar-refractivity contribution < 1.29 is 9.53 Å². The van der Waals surface area contributed by atoms with Crippen molar-refractivity contribution >= 4 is 29.1 Å². The topological polar surface area (TPSA) is 57.0 Å². The first-order valence-electron chi connectivity index (χ1n) is 8.00. The van der Waals surface area contributed by atoms with Gasteiger partial charge in [0.25, 0.3) is 0 Å². The van der Waals surface area contributed by atoms with Crippen LogP contribution in [0.5, 0.6) is 5.75 Å². The van der Waals surface area contributed by atoms with Gasteiger partial charge < -0.3 is 9.30 Å². The lowest BCUT2D eigenvalue weighted by Crippen LogP contribution is -2.14. The first-order valence-corrected chi connectivity index (χ1v) is 9.25. The summed E-state index contributed by atoms with van der Waals surface area (Å²) >= 11 is 7.35. The number of nitrogens with zero attached hydrogens (tertiary/aromatic N) is 3. The minimum absolute atomic E-state index is 0.00318. The van der Waals surface area contributed by atoms with Crippen molar-refractivity contribution in [2.75, 3.05) is 7.11 Å². The maximum atomic E-state index is 12.6. The summed E-state index contributed by atoms with van der Waals surface area (Å²) < 4.78 is 7.14. The summed E-state index contributed by atoms with van der Waals surface area (Å²) in [5.74, 6) is 1.47. The molecule has 1 aromatic heterocycles. The van der Waals surface area contributed by atoms with Crippen LogP contribution in [0.1, 0.15) is 17.3 Å². The van der Waals surface area contributed by atoms with E-state index in [4.69, 9.17) is 16.3 Å². The molecule has 0 spiro atoms. The van der Waals surface area contributed by atoms with Gasteiger partial charge in [0.15, 0.2) is 16.8 Å². The third-order valence-corrected chi connectivity index (χ3v) is 5.29. The van der Waals surface area contributed by atoms with Crippen LogP contribution in [0.2, 0.25) is 5.02 Å². The van der Waals surface area contributed by atoms with E-state index in [9.17, 15) is 4.79 Å². The van der Waals surface area contributed by atoms with Crippen molar-refractivity contribution in [2.45, 2.75) is 17.3 Å². The molecule has 0 aliphatic rings.